The van der Waals surface area contributed by atoms with Gasteiger partial charge in [0.25, 0.3) is 0 Å². The summed E-state index contributed by atoms with van der Waals surface area (Å²) >= 11 is 0. The van der Waals surface area contributed by atoms with E-state index < -0.39 is 11.6 Å². The van der Waals surface area contributed by atoms with Gasteiger partial charge in [0.2, 0.25) is 0 Å². The summed E-state index contributed by atoms with van der Waals surface area (Å²) in [5.41, 5.74) is 1.79. The largest absolute Gasteiger partial charge is 0.367 e. The molecule has 110 valence electrons. The number of piperazine rings is 1. The Hall–Kier alpha value is -1.94. The number of halogens is 2. The van der Waals surface area contributed by atoms with E-state index in [9.17, 15) is 8.78 Å². The van der Waals surface area contributed by atoms with Gasteiger partial charge in [0.1, 0.15) is 11.6 Å². The average Bonchev–Trinajstić information content (AvgIpc) is 2.49. The van der Waals surface area contributed by atoms with Crippen LogP contribution >= 0.6 is 0 Å². The molecular weight excluding hydrogens is 270 g/mol. The molecule has 4 heteroatoms. The van der Waals surface area contributed by atoms with Gasteiger partial charge in [-0.1, -0.05) is 30.3 Å². The van der Waals surface area contributed by atoms with Gasteiger partial charge in [-0.15, -0.1) is 0 Å². The second-order valence-electron chi connectivity index (χ2n) is 5.34. The van der Waals surface area contributed by atoms with Gasteiger partial charge in [0.15, 0.2) is 0 Å². The van der Waals surface area contributed by atoms with Crippen molar-refractivity contribution < 1.29 is 8.78 Å². The van der Waals surface area contributed by atoms with Gasteiger partial charge >= 0.3 is 0 Å². The lowest BCUT2D eigenvalue weighted by Crippen LogP contribution is -2.46. The molecule has 1 fully saturated rings. The van der Waals surface area contributed by atoms with E-state index in [4.69, 9.17) is 0 Å². The van der Waals surface area contributed by atoms with E-state index in [1.807, 2.05) is 23.1 Å². The minimum atomic E-state index is -0.529. The van der Waals surface area contributed by atoms with Gasteiger partial charge in [0.05, 0.1) is 5.69 Å². The monoisotopic (exact) mass is 288 g/mol. The Bertz CT molecular complexity index is 593. The molecule has 0 N–H and O–H groups in total. The van der Waals surface area contributed by atoms with E-state index >= 15 is 0 Å². The number of benzene rings is 2. The van der Waals surface area contributed by atoms with Gasteiger partial charge < -0.3 is 4.90 Å². The minimum absolute atomic E-state index is 0.480. The summed E-state index contributed by atoms with van der Waals surface area (Å²) in [5.74, 6) is -1.01. The van der Waals surface area contributed by atoms with Crippen molar-refractivity contribution in [1.82, 2.24) is 4.90 Å². The summed E-state index contributed by atoms with van der Waals surface area (Å²) in [7, 11) is 0. The van der Waals surface area contributed by atoms with E-state index in [0.29, 0.717) is 5.69 Å². The van der Waals surface area contributed by atoms with E-state index in [1.165, 1.54) is 17.7 Å². The van der Waals surface area contributed by atoms with Gasteiger partial charge in [-0.05, 0) is 17.7 Å². The predicted molar refractivity (Wildman–Crippen MR) is 80.3 cm³/mol. The standard InChI is InChI=1S/C17H18F2N2/c18-15-6-7-17(16(19)12-15)21-10-8-20(9-11-21)13-14-4-2-1-3-5-14/h1-7,12H,8-11,13H2. The fraction of sp³-hybridized carbons (Fsp3) is 0.294. The fourth-order valence-corrected chi connectivity index (χ4v) is 2.73. The molecule has 1 aliphatic rings. The molecule has 0 bridgehead atoms. The van der Waals surface area contributed by atoms with Crippen molar-refractivity contribution in [3.05, 3.63) is 65.7 Å². The Kier molecular flexibility index (Phi) is 4.15. The van der Waals surface area contributed by atoms with E-state index in [0.717, 1.165) is 38.8 Å². The third-order valence-electron chi connectivity index (χ3n) is 3.87. The summed E-state index contributed by atoms with van der Waals surface area (Å²) < 4.78 is 26.7. The normalized spacial score (nSPS) is 16.2. The first-order valence-electron chi connectivity index (χ1n) is 7.18. The number of hydrogen-bond acceptors (Lipinski definition) is 2. The molecule has 3 rings (SSSR count). The molecular formula is C17H18F2N2. The summed E-state index contributed by atoms with van der Waals surface area (Å²) in [5, 5.41) is 0. The van der Waals surface area contributed by atoms with Crippen LogP contribution in [0, 0.1) is 11.6 Å². The zero-order chi connectivity index (χ0) is 14.7. The number of anilines is 1. The molecule has 21 heavy (non-hydrogen) atoms. The molecule has 1 saturated heterocycles. The highest BCUT2D eigenvalue weighted by Gasteiger charge is 2.19. The lowest BCUT2D eigenvalue weighted by molar-refractivity contribution is 0.249. The molecule has 0 atom stereocenters. The molecule has 0 spiro atoms. The van der Waals surface area contributed by atoms with E-state index in [-0.39, 0.29) is 0 Å². The summed E-state index contributed by atoms with van der Waals surface area (Å²) in [6, 6.07) is 14.1. The first-order valence-corrected chi connectivity index (χ1v) is 7.18. The van der Waals surface area contributed by atoms with Crippen molar-refractivity contribution in [2.24, 2.45) is 0 Å². The van der Waals surface area contributed by atoms with Crippen molar-refractivity contribution in [1.29, 1.82) is 0 Å². The topological polar surface area (TPSA) is 6.48 Å². The van der Waals surface area contributed by atoms with Crippen molar-refractivity contribution >= 4 is 5.69 Å². The summed E-state index contributed by atoms with van der Waals surface area (Å²) in [6.07, 6.45) is 0. The highest BCUT2D eigenvalue weighted by molar-refractivity contribution is 5.48. The Balaban J connectivity index is 1.60. The molecule has 0 saturated carbocycles. The molecule has 0 unspecified atom stereocenters. The first kappa shape index (κ1) is 14.0. The number of rotatable bonds is 3. The SMILES string of the molecule is Fc1ccc(N2CCN(Cc3ccccc3)CC2)c(F)c1. The molecule has 0 aliphatic carbocycles. The molecule has 0 amide bonds. The molecule has 2 nitrogen and oxygen atoms in total. The van der Waals surface area contributed by atoms with Crippen LogP contribution in [-0.4, -0.2) is 31.1 Å². The number of nitrogens with zero attached hydrogens (tertiary/aromatic N) is 2. The average molecular weight is 288 g/mol. The minimum Gasteiger partial charge on any atom is -0.367 e. The number of hydrogen-bond donors (Lipinski definition) is 0. The lowest BCUT2D eigenvalue weighted by Gasteiger charge is -2.36. The van der Waals surface area contributed by atoms with Gasteiger partial charge in [-0.3, -0.25) is 4.90 Å². The van der Waals surface area contributed by atoms with Crippen LogP contribution in [0.15, 0.2) is 48.5 Å². The van der Waals surface area contributed by atoms with Crippen LogP contribution in [0.1, 0.15) is 5.56 Å². The van der Waals surface area contributed by atoms with Gasteiger partial charge in [0, 0.05) is 38.8 Å². The second-order valence-corrected chi connectivity index (χ2v) is 5.34. The third kappa shape index (κ3) is 3.39. The van der Waals surface area contributed by atoms with Gasteiger partial charge in [-0.25, -0.2) is 8.78 Å². The zero-order valence-corrected chi connectivity index (χ0v) is 11.8. The zero-order valence-electron chi connectivity index (χ0n) is 11.8. The van der Waals surface area contributed by atoms with Gasteiger partial charge in [-0.2, -0.15) is 0 Å². The highest BCUT2D eigenvalue weighted by atomic mass is 19.1. The predicted octanol–water partition coefficient (Wildman–Crippen LogP) is 3.29. The fourth-order valence-electron chi connectivity index (χ4n) is 2.73. The second kappa shape index (κ2) is 6.22. The molecule has 1 aliphatic heterocycles. The molecule has 0 aromatic heterocycles. The maximum atomic E-state index is 13.8. The smallest absolute Gasteiger partial charge is 0.149 e. The van der Waals surface area contributed by atoms with Crippen LogP contribution in [0.2, 0.25) is 0 Å². The lowest BCUT2D eigenvalue weighted by atomic mass is 10.2. The van der Waals surface area contributed by atoms with Crippen LogP contribution in [-0.2, 0) is 6.54 Å². The molecule has 0 radical (unpaired) electrons. The molecule has 2 aromatic rings. The molecule has 2 aromatic carbocycles. The Morgan fingerprint density at radius 3 is 2.24 bits per heavy atom. The van der Waals surface area contributed by atoms with Crippen LogP contribution in [0.3, 0.4) is 0 Å². The van der Waals surface area contributed by atoms with Crippen LogP contribution < -0.4 is 4.90 Å². The first-order chi connectivity index (χ1) is 10.2. The van der Waals surface area contributed by atoms with Crippen LogP contribution in [0.5, 0.6) is 0 Å². The van der Waals surface area contributed by atoms with E-state index in [1.54, 1.807) is 0 Å². The van der Waals surface area contributed by atoms with Crippen LogP contribution in [0.25, 0.3) is 0 Å². The third-order valence-corrected chi connectivity index (χ3v) is 3.87. The quantitative estimate of drug-likeness (QED) is 0.855. The Morgan fingerprint density at radius 1 is 0.857 bits per heavy atom. The van der Waals surface area contributed by atoms with Crippen molar-refractivity contribution in [2.45, 2.75) is 6.54 Å². The maximum Gasteiger partial charge on any atom is 0.149 e. The maximum absolute atomic E-state index is 13.8. The van der Waals surface area contributed by atoms with Crippen molar-refractivity contribution in [3.63, 3.8) is 0 Å². The van der Waals surface area contributed by atoms with Crippen LogP contribution in [0.4, 0.5) is 14.5 Å². The van der Waals surface area contributed by atoms with Crippen molar-refractivity contribution in [2.75, 3.05) is 31.1 Å². The highest BCUT2D eigenvalue weighted by Crippen LogP contribution is 2.22. The Morgan fingerprint density at radius 2 is 1.57 bits per heavy atom. The van der Waals surface area contributed by atoms with Crippen molar-refractivity contribution in [3.8, 4) is 0 Å². The van der Waals surface area contributed by atoms with E-state index in [2.05, 4.69) is 17.0 Å². The molecule has 1 heterocycles. The summed E-state index contributed by atoms with van der Waals surface area (Å²) in [6.45, 7) is 4.20. The summed E-state index contributed by atoms with van der Waals surface area (Å²) in [4.78, 5) is 4.34. The Labute approximate surface area is 123 Å².